The van der Waals surface area contributed by atoms with Crippen LogP contribution in [-0.4, -0.2) is 44.2 Å². The first-order valence-corrected chi connectivity index (χ1v) is 9.72. The number of amides is 1. The fourth-order valence-electron chi connectivity index (χ4n) is 3.19. The van der Waals surface area contributed by atoms with E-state index in [0.717, 1.165) is 49.5 Å². The first-order valence-electron chi connectivity index (χ1n) is 8.91. The smallest absolute Gasteiger partial charge is 0.279 e. The van der Waals surface area contributed by atoms with Crippen molar-refractivity contribution < 1.29 is 4.79 Å². The Morgan fingerprint density at radius 3 is 2.62 bits per heavy atom. The van der Waals surface area contributed by atoms with Gasteiger partial charge in [0.15, 0.2) is 5.69 Å². The quantitative estimate of drug-likeness (QED) is 0.774. The predicted octanol–water partition coefficient (Wildman–Crippen LogP) is 2.94. The second-order valence-electron chi connectivity index (χ2n) is 6.36. The highest BCUT2D eigenvalue weighted by molar-refractivity contribution is 7.15. The first kappa shape index (κ1) is 20.7. The van der Waals surface area contributed by atoms with Gasteiger partial charge in [-0.3, -0.25) is 10.1 Å². The zero-order valence-electron chi connectivity index (χ0n) is 15.4. The number of nitrogens with one attached hydrogen (secondary N) is 2. The molecule has 1 amide bonds. The highest BCUT2D eigenvalue weighted by Crippen LogP contribution is 2.28. The number of piperidine rings is 1. The summed E-state index contributed by atoms with van der Waals surface area (Å²) in [6.07, 6.45) is 4.03. The molecule has 1 aliphatic heterocycles. The Morgan fingerprint density at radius 2 is 1.96 bits per heavy atom. The average molecular weight is 400 g/mol. The van der Waals surface area contributed by atoms with Gasteiger partial charge in [0.25, 0.3) is 5.91 Å². The molecule has 0 aliphatic carbocycles. The van der Waals surface area contributed by atoms with E-state index >= 15 is 0 Å². The van der Waals surface area contributed by atoms with Gasteiger partial charge < -0.3 is 5.32 Å². The number of nitrogens with zero attached hydrogens (tertiary/aromatic N) is 5. The Hall–Kier alpha value is -1.58. The average Bonchev–Trinajstić information content (AvgIpc) is 3.24. The zero-order valence-corrected chi connectivity index (χ0v) is 17.0. The summed E-state index contributed by atoms with van der Waals surface area (Å²) >= 11 is 1.44. The SMILES string of the molecule is CCC(CC)c1nnc(NC(=O)c2nnn(C3CCNCC3)c2C)s1.Cl. The van der Waals surface area contributed by atoms with Crippen LogP contribution in [-0.2, 0) is 0 Å². The fourth-order valence-corrected chi connectivity index (χ4v) is 4.20. The van der Waals surface area contributed by atoms with Gasteiger partial charge in [0, 0.05) is 5.92 Å². The van der Waals surface area contributed by atoms with E-state index in [2.05, 4.69) is 45.0 Å². The third kappa shape index (κ3) is 4.39. The van der Waals surface area contributed by atoms with E-state index in [1.165, 1.54) is 11.3 Å². The van der Waals surface area contributed by atoms with Gasteiger partial charge in [0.2, 0.25) is 5.13 Å². The minimum Gasteiger partial charge on any atom is -0.317 e. The normalized spacial score (nSPS) is 15.1. The van der Waals surface area contributed by atoms with Gasteiger partial charge in [-0.2, -0.15) is 0 Å². The van der Waals surface area contributed by atoms with Crippen LogP contribution in [0.1, 0.15) is 72.7 Å². The van der Waals surface area contributed by atoms with Crippen LogP contribution in [0.25, 0.3) is 0 Å². The molecule has 10 heteroatoms. The summed E-state index contributed by atoms with van der Waals surface area (Å²) in [4.78, 5) is 12.5. The Labute approximate surface area is 163 Å². The summed E-state index contributed by atoms with van der Waals surface area (Å²) in [6, 6.07) is 0.304. The molecule has 0 radical (unpaired) electrons. The summed E-state index contributed by atoms with van der Waals surface area (Å²) < 4.78 is 1.88. The second kappa shape index (κ2) is 9.38. The summed E-state index contributed by atoms with van der Waals surface area (Å²) in [5.41, 5.74) is 1.16. The van der Waals surface area contributed by atoms with Crippen LogP contribution in [0, 0.1) is 6.92 Å². The van der Waals surface area contributed by atoms with Gasteiger partial charge in [-0.1, -0.05) is 30.4 Å². The van der Waals surface area contributed by atoms with E-state index in [1.807, 2.05) is 11.6 Å². The van der Waals surface area contributed by atoms with Gasteiger partial charge in [0.05, 0.1) is 11.7 Å². The van der Waals surface area contributed by atoms with Crippen LogP contribution >= 0.6 is 23.7 Å². The third-order valence-electron chi connectivity index (χ3n) is 4.79. The predicted molar refractivity (Wildman–Crippen MR) is 104 cm³/mol. The van der Waals surface area contributed by atoms with Crippen molar-refractivity contribution in [3.8, 4) is 0 Å². The number of rotatable bonds is 6. The van der Waals surface area contributed by atoms with Gasteiger partial charge in [-0.15, -0.1) is 27.7 Å². The molecule has 0 unspecified atom stereocenters. The molecule has 144 valence electrons. The molecular formula is C16H26ClN7OS. The maximum absolute atomic E-state index is 12.5. The summed E-state index contributed by atoms with van der Waals surface area (Å²) in [5, 5.41) is 24.2. The van der Waals surface area contributed by atoms with Crippen molar-refractivity contribution in [3.63, 3.8) is 0 Å². The minimum absolute atomic E-state index is 0. The van der Waals surface area contributed by atoms with Crippen molar-refractivity contribution in [2.75, 3.05) is 18.4 Å². The van der Waals surface area contributed by atoms with Crippen molar-refractivity contribution in [1.29, 1.82) is 0 Å². The van der Waals surface area contributed by atoms with Crippen LogP contribution in [0.3, 0.4) is 0 Å². The molecule has 2 aromatic heterocycles. The van der Waals surface area contributed by atoms with Gasteiger partial charge in [-0.25, -0.2) is 4.68 Å². The van der Waals surface area contributed by atoms with E-state index in [9.17, 15) is 4.79 Å². The summed E-state index contributed by atoms with van der Waals surface area (Å²) in [6.45, 7) is 8.10. The molecule has 3 heterocycles. The number of hydrogen-bond acceptors (Lipinski definition) is 7. The molecule has 1 saturated heterocycles. The Morgan fingerprint density at radius 1 is 1.27 bits per heavy atom. The number of carbonyl (C=O) groups excluding carboxylic acids is 1. The molecule has 0 bridgehead atoms. The van der Waals surface area contributed by atoms with Crippen LogP contribution in [0.4, 0.5) is 5.13 Å². The molecule has 2 aromatic rings. The van der Waals surface area contributed by atoms with Crippen molar-refractivity contribution in [2.24, 2.45) is 0 Å². The van der Waals surface area contributed by atoms with E-state index < -0.39 is 0 Å². The maximum Gasteiger partial charge on any atom is 0.279 e. The molecule has 0 saturated carbocycles. The molecule has 0 aromatic carbocycles. The van der Waals surface area contributed by atoms with Gasteiger partial charge in [-0.05, 0) is 45.7 Å². The molecule has 1 aliphatic rings. The Bertz CT molecular complexity index is 722. The summed E-state index contributed by atoms with van der Waals surface area (Å²) in [7, 11) is 0. The van der Waals surface area contributed by atoms with E-state index in [1.54, 1.807) is 0 Å². The lowest BCUT2D eigenvalue weighted by molar-refractivity contribution is 0.102. The zero-order chi connectivity index (χ0) is 17.8. The molecule has 0 spiro atoms. The molecule has 3 rings (SSSR count). The molecular weight excluding hydrogens is 374 g/mol. The molecule has 1 fully saturated rings. The van der Waals surface area contributed by atoms with Crippen LogP contribution < -0.4 is 10.6 Å². The van der Waals surface area contributed by atoms with E-state index in [0.29, 0.717) is 22.8 Å². The third-order valence-corrected chi connectivity index (χ3v) is 5.79. The lowest BCUT2D eigenvalue weighted by atomic mass is 10.1. The minimum atomic E-state index is -0.273. The van der Waals surface area contributed by atoms with E-state index in [4.69, 9.17) is 0 Å². The number of carbonyl (C=O) groups is 1. The van der Waals surface area contributed by atoms with Gasteiger partial charge in [0.1, 0.15) is 5.01 Å². The Balaban J connectivity index is 0.00000243. The van der Waals surface area contributed by atoms with Gasteiger partial charge >= 0.3 is 0 Å². The maximum atomic E-state index is 12.5. The van der Waals surface area contributed by atoms with E-state index in [-0.39, 0.29) is 18.3 Å². The van der Waals surface area contributed by atoms with Crippen molar-refractivity contribution in [2.45, 2.75) is 58.4 Å². The lowest BCUT2D eigenvalue weighted by Crippen LogP contribution is -2.30. The standard InChI is InChI=1S/C16H25N7OS.ClH/c1-4-11(5-2)15-20-21-16(25-15)18-14(24)13-10(3)23(22-19-13)12-6-8-17-9-7-12;/h11-12,17H,4-9H2,1-3H3,(H,18,21,24);1H. The fraction of sp³-hybridized carbons (Fsp3) is 0.688. The monoisotopic (exact) mass is 399 g/mol. The molecule has 26 heavy (non-hydrogen) atoms. The van der Waals surface area contributed by atoms with Crippen LogP contribution in [0.15, 0.2) is 0 Å². The molecule has 8 nitrogen and oxygen atoms in total. The van der Waals surface area contributed by atoms with Crippen molar-refractivity contribution in [3.05, 3.63) is 16.4 Å². The largest absolute Gasteiger partial charge is 0.317 e. The molecule has 2 N–H and O–H groups in total. The summed E-state index contributed by atoms with van der Waals surface area (Å²) in [5.74, 6) is 0.121. The Kier molecular flexibility index (Phi) is 7.48. The van der Waals surface area contributed by atoms with Crippen molar-refractivity contribution >= 4 is 34.8 Å². The first-order chi connectivity index (χ1) is 12.1. The highest BCUT2D eigenvalue weighted by Gasteiger charge is 2.24. The lowest BCUT2D eigenvalue weighted by Gasteiger charge is -2.23. The number of anilines is 1. The number of hydrogen-bond donors (Lipinski definition) is 2. The molecule has 0 atom stereocenters. The highest BCUT2D eigenvalue weighted by atomic mass is 35.5. The van der Waals surface area contributed by atoms with Crippen LogP contribution in [0.2, 0.25) is 0 Å². The number of aromatic nitrogens is 5. The second-order valence-corrected chi connectivity index (χ2v) is 7.37. The topological polar surface area (TPSA) is 97.6 Å². The van der Waals surface area contributed by atoms with Crippen molar-refractivity contribution in [1.82, 2.24) is 30.5 Å². The van der Waals surface area contributed by atoms with Crippen LogP contribution in [0.5, 0.6) is 0 Å². The number of halogens is 1.